The third-order valence-corrected chi connectivity index (χ3v) is 6.12. The van der Waals surface area contributed by atoms with E-state index in [1.807, 2.05) is 6.92 Å². The van der Waals surface area contributed by atoms with Crippen LogP contribution in [0.15, 0.2) is 0 Å². The van der Waals surface area contributed by atoms with Gasteiger partial charge in [-0.3, -0.25) is 9.89 Å². The van der Waals surface area contributed by atoms with Crippen LogP contribution in [0.25, 0.3) is 0 Å². The Morgan fingerprint density at radius 2 is 1.80 bits per heavy atom. The van der Waals surface area contributed by atoms with Crippen LogP contribution < -0.4 is 0 Å². The van der Waals surface area contributed by atoms with Crippen molar-refractivity contribution in [2.45, 2.75) is 51.9 Å². The number of nitrogens with zero attached hydrogens (tertiary/aromatic N) is 1. The van der Waals surface area contributed by atoms with Gasteiger partial charge in [0.25, 0.3) is 5.24 Å². The zero-order valence-corrected chi connectivity index (χ0v) is 12.7. The van der Waals surface area contributed by atoms with E-state index in [0.29, 0.717) is 11.0 Å². The summed E-state index contributed by atoms with van der Waals surface area (Å²) in [7, 11) is 0. The fourth-order valence-corrected chi connectivity index (χ4v) is 5.98. The van der Waals surface area contributed by atoms with E-state index in [1.165, 1.54) is 38.5 Å². The maximum Gasteiger partial charge on any atom is 0.256 e. The van der Waals surface area contributed by atoms with Crippen LogP contribution in [0.1, 0.15) is 60.3 Å². The number of aromatic nitrogens is 2. The van der Waals surface area contributed by atoms with Crippen LogP contribution >= 0.6 is 11.6 Å². The molecule has 4 aliphatic carbocycles. The van der Waals surface area contributed by atoms with E-state index in [1.54, 1.807) is 0 Å². The molecule has 1 N–H and O–H groups in total. The van der Waals surface area contributed by atoms with Gasteiger partial charge in [0, 0.05) is 5.69 Å². The van der Waals surface area contributed by atoms with Crippen LogP contribution in [-0.2, 0) is 6.42 Å². The van der Waals surface area contributed by atoms with Gasteiger partial charge in [0.15, 0.2) is 0 Å². The second-order valence-electron chi connectivity index (χ2n) is 7.54. The lowest BCUT2D eigenvalue weighted by atomic mass is 9.48. The molecule has 0 amide bonds. The average Bonchev–Trinajstić information content (AvgIpc) is 2.67. The summed E-state index contributed by atoms with van der Waals surface area (Å²) in [5.74, 6) is 2.78. The Kier molecular flexibility index (Phi) is 2.79. The van der Waals surface area contributed by atoms with Crippen molar-refractivity contribution < 1.29 is 4.79 Å². The van der Waals surface area contributed by atoms with E-state index >= 15 is 0 Å². The number of nitrogens with one attached hydrogen (secondary N) is 1. The number of rotatable bonds is 3. The Morgan fingerprint density at radius 3 is 2.30 bits per heavy atom. The smallest absolute Gasteiger partial charge is 0.256 e. The van der Waals surface area contributed by atoms with Crippen molar-refractivity contribution >= 4 is 16.8 Å². The number of H-pyrrole nitrogens is 1. The van der Waals surface area contributed by atoms with Crippen molar-refractivity contribution in [1.82, 2.24) is 10.2 Å². The van der Waals surface area contributed by atoms with Gasteiger partial charge in [-0.2, -0.15) is 5.10 Å². The quantitative estimate of drug-likeness (QED) is 0.860. The maximum absolute atomic E-state index is 11.6. The van der Waals surface area contributed by atoms with E-state index in [2.05, 4.69) is 10.2 Å². The largest absolute Gasteiger partial charge is 0.282 e. The Labute approximate surface area is 124 Å². The molecule has 0 aliphatic heterocycles. The minimum absolute atomic E-state index is 0.365. The molecular formula is C16H21ClN2O. The number of carbonyl (C=O) groups is 1. The fraction of sp³-hybridized carbons (Fsp3) is 0.750. The van der Waals surface area contributed by atoms with Crippen LogP contribution in [-0.4, -0.2) is 15.4 Å². The number of hydrogen-bond acceptors (Lipinski definition) is 2. The van der Waals surface area contributed by atoms with Gasteiger partial charge in [0.2, 0.25) is 0 Å². The molecule has 0 saturated heterocycles. The van der Waals surface area contributed by atoms with Crippen molar-refractivity contribution in [3.8, 4) is 0 Å². The highest BCUT2D eigenvalue weighted by Gasteiger charge is 2.51. The molecule has 4 saturated carbocycles. The molecule has 0 spiro atoms. The third-order valence-electron chi connectivity index (χ3n) is 5.93. The molecule has 4 bridgehead atoms. The van der Waals surface area contributed by atoms with Gasteiger partial charge < -0.3 is 0 Å². The van der Waals surface area contributed by atoms with Crippen LogP contribution in [0.2, 0.25) is 0 Å². The van der Waals surface area contributed by atoms with Crippen molar-refractivity contribution in [2.24, 2.45) is 23.2 Å². The first-order chi connectivity index (χ1) is 9.55. The molecule has 1 aromatic rings. The lowest BCUT2D eigenvalue weighted by molar-refractivity contribution is -0.0527. The van der Waals surface area contributed by atoms with Crippen molar-refractivity contribution in [3.05, 3.63) is 17.0 Å². The Balaban J connectivity index is 1.64. The molecule has 3 nitrogen and oxygen atoms in total. The average molecular weight is 293 g/mol. The normalized spacial score (nSPS) is 38.4. The van der Waals surface area contributed by atoms with Crippen molar-refractivity contribution in [1.29, 1.82) is 0 Å². The van der Waals surface area contributed by atoms with E-state index in [0.717, 1.165) is 35.6 Å². The van der Waals surface area contributed by atoms with E-state index in [9.17, 15) is 4.79 Å². The number of hydrogen-bond donors (Lipinski definition) is 1. The van der Waals surface area contributed by atoms with E-state index < -0.39 is 0 Å². The number of aromatic amines is 1. The molecule has 4 heteroatoms. The van der Waals surface area contributed by atoms with E-state index in [4.69, 9.17) is 11.6 Å². The number of halogens is 1. The molecule has 0 radical (unpaired) electrons. The molecule has 0 atom stereocenters. The molecule has 5 rings (SSSR count). The lowest BCUT2D eigenvalue weighted by Gasteiger charge is -2.57. The highest BCUT2D eigenvalue weighted by molar-refractivity contribution is 6.68. The second kappa shape index (κ2) is 4.33. The van der Waals surface area contributed by atoms with Crippen molar-refractivity contribution in [3.63, 3.8) is 0 Å². The minimum Gasteiger partial charge on any atom is -0.282 e. The van der Waals surface area contributed by atoms with Gasteiger partial charge in [-0.25, -0.2) is 0 Å². The van der Waals surface area contributed by atoms with Gasteiger partial charge in [0.1, 0.15) is 0 Å². The Morgan fingerprint density at radius 1 is 1.25 bits per heavy atom. The standard InChI is InChI=1S/C16H21ClN2O/c1-9-14(15(17)20)13(19-18-9)8-16-5-10-2-11(6-16)4-12(3-10)7-16/h10-12H,2-8H2,1H3,(H,18,19). The summed E-state index contributed by atoms with van der Waals surface area (Å²) in [5, 5.41) is 6.96. The summed E-state index contributed by atoms with van der Waals surface area (Å²) in [6, 6.07) is 0. The highest BCUT2D eigenvalue weighted by atomic mass is 35.5. The van der Waals surface area contributed by atoms with Gasteiger partial charge >= 0.3 is 0 Å². The maximum atomic E-state index is 11.6. The molecule has 20 heavy (non-hydrogen) atoms. The predicted molar refractivity (Wildman–Crippen MR) is 77.8 cm³/mol. The monoisotopic (exact) mass is 292 g/mol. The molecule has 0 aromatic carbocycles. The van der Waals surface area contributed by atoms with Crippen LogP contribution in [0, 0.1) is 30.1 Å². The lowest BCUT2D eigenvalue weighted by Crippen LogP contribution is -2.47. The minimum atomic E-state index is -0.365. The first-order valence-electron chi connectivity index (χ1n) is 7.78. The van der Waals surface area contributed by atoms with Gasteiger partial charge in [-0.1, -0.05) is 0 Å². The summed E-state index contributed by atoms with van der Waals surface area (Å²) in [6.45, 7) is 1.88. The summed E-state index contributed by atoms with van der Waals surface area (Å²) in [6.07, 6.45) is 9.28. The molecule has 1 heterocycles. The molecule has 4 fully saturated rings. The molecule has 1 aromatic heterocycles. The second-order valence-corrected chi connectivity index (χ2v) is 7.88. The first kappa shape index (κ1) is 12.9. The Bertz CT molecular complexity index is 528. The topological polar surface area (TPSA) is 45.8 Å². The highest BCUT2D eigenvalue weighted by Crippen LogP contribution is 2.61. The Hall–Kier alpha value is -0.830. The van der Waals surface area contributed by atoms with Crippen LogP contribution in [0.3, 0.4) is 0 Å². The summed E-state index contributed by atoms with van der Waals surface area (Å²) in [4.78, 5) is 11.6. The van der Waals surface area contributed by atoms with Crippen LogP contribution in [0.5, 0.6) is 0 Å². The third kappa shape index (κ3) is 1.93. The number of carbonyl (C=O) groups excluding carboxylic acids is 1. The van der Waals surface area contributed by atoms with Crippen LogP contribution in [0.4, 0.5) is 0 Å². The zero-order chi connectivity index (χ0) is 13.9. The predicted octanol–water partition coefficient (Wildman–Crippen LogP) is 3.86. The summed E-state index contributed by atoms with van der Waals surface area (Å²) < 4.78 is 0. The zero-order valence-electron chi connectivity index (χ0n) is 11.9. The molecular weight excluding hydrogens is 272 g/mol. The fourth-order valence-electron chi connectivity index (χ4n) is 5.73. The summed E-state index contributed by atoms with van der Waals surface area (Å²) in [5.41, 5.74) is 2.74. The molecule has 108 valence electrons. The first-order valence-corrected chi connectivity index (χ1v) is 8.16. The molecule has 0 unspecified atom stereocenters. The molecule has 4 aliphatic rings. The van der Waals surface area contributed by atoms with Gasteiger partial charge in [0.05, 0.1) is 11.3 Å². The SMILES string of the molecule is Cc1[nH]nc(CC23CC4CC(CC(C4)C2)C3)c1C(=O)Cl. The van der Waals surface area contributed by atoms with Crippen molar-refractivity contribution in [2.75, 3.05) is 0 Å². The van der Waals surface area contributed by atoms with Gasteiger partial charge in [-0.05, 0) is 86.6 Å². The van der Waals surface area contributed by atoms with E-state index in [-0.39, 0.29) is 5.24 Å². The van der Waals surface area contributed by atoms with Gasteiger partial charge in [-0.15, -0.1) is 0 Å². The number of aryl methyl sites for hydroxylation is 1. The summed E-state index contributed by atoms with van der Waals surface area (Å²) >= 11 is 5.74.